The van der Waals surface area contributed by atoms with Gasteiger partial charge in [0, 0.05) is 23.6 Å². The van der Waals surface area contributed by atoms with Crippen LogP contribution in [-0.2, 0) is 6.42 Å². The topological polar surface area (TPSA) is 32.7 Å². The number of aliphatic imine (C=N–C) groups is 1. The molecule has 1 aliphatic heterocycles. The average Bonchev–Trinajstić information content (AvgIpc) is 2.95. The number of carbonyl (C=O) groups excluding carboxylic acids is 1. The third-order valence-corrected chi connectivity index (χ3v) is 3.69. The van der Waals surface area contributed by atoms with Crippen LogP contribution in [0, 0.1) is 0 Å². The zero-order chi connectivity index (χ0) is 14.7. The minimum absolute atomic E-state index is 0.0373. The largest absolute Gasteiger partial charge is 0.294 e. The fourth-order valence-electron chi connectivity index (χ4n) is 2.42. The molecule has 106 valence electrons. The van der Waals surface area contributed by atoms with Gasteiger partial charge in [-0.15, -0.1) is 0 Å². The normalized spacial score (nSPS) is 14.1. The number of hydrogen-bond donors (Lipinski definition) is 0. The van der Waals surface area contributed by atoms with E-state index in [1.54, 1.807) is 29.2 Å². The van der Waals surface area contributed by atoms with Gasteiger partial charge >= 0.3 is 0 Å². The van der Waals surface area contributed by atoms with Gasteiger partial charge < -0.3 is 0 Å². The van der Waals surface area contributed by atoms with Crippen molar-refractivity contribution in [2.75, 3.05) is 13.1 Å². The molecule has 2 aromatic rings. The Morgan fingerprint density at radius 3 is 2.71 bits per heavy atom. The van der Waals surface area contributed by atoms with Crippen LogP contribution in [-0.4, -0.2) is 29.7 Å². The molecular formula is C17H15ClN2O. The van der Waals surface area contributed by atoms with Gasteiger partial charge in [0.15, 0.2) is 0 Å². The smallest absolute Gasteiger partial charge is 0.259 e. The maximum Gasteiger partial charge on any atom is 0.259 e. The fourth-order valence-corrected chi connectivity index (χ4v) is 2.61. The molecular weight excluding hydrogens is 284 g/mol. The number of carbonyl (C=O) groups is 1. The number of amidine groups is 1. The van der Waals surface area contributed by atoms with Crippen molar-refractivity contribution in [1.29, 1.82) is 0 Å². The van der Waals surface area contributed by atoms with Crippen molar-refractivity contribution in [2.24, 2.45) is 4.99 Å². The van der Waals surface area contributed by atoms with E-state index < -0.39 is 0 Å². The second kappa shape index (κ2) is 6.10. The SMILES string of the molecule is O=C(c1cccc(Cl)c1)N1CCN=C1Cc1ccccc1. The number of rotatable bonds is 3. The van der Waals surface area contributed by atoms with Gasteiger partial charge in [-0.1, -0.05) is 48.0 Å². The predicted octanol–water partition coefficient (Wildman–Crippen LogP) is 3.44. The highest BCUT2D eigenvalue weighted by molar-refractivity contribution is 6.31. The summed E-state index contributed by atoms with van der Waals surface area (Å²) >= 11 is 5.96. The van der Waals surface area contributed by atoms with E-state index in [0.717, 1.165) is 11.4 Å². The summed E-state index contributed by atoms with van der Waals surface area (Å²) in [6.45, 7) is 1.29. The molecule has 21 heavy (non-hydrogen) atoms. The molecule has 0 bridgehead atoms. The van der Waals surface area contributed by atoms with Gasteiger partial charge in [0.05, 0.1) is 6.54 Å². The minimum Gasteiger partial charge on any atom is -0.294 e. The molecule has 3 rings (SSSR count). The molecule has 0 aliphatic carbocycles. The van der Waals surface area contributed by atoms with E-state index in [9.17, 15) is 4.79 Å². The van der Waals surface area contributed by atoms with Gasteiger partial charge in [0.1, 0.15) is 5.84 Å². The Hall–Kier alpha value is -2.13. The standard InChI is InChI=1S/C17H15ClN2O/c18-15-8-4-7-14(12-15)17(21)20-10-9-19-16(20)11-13-5-2-1-3-6-13/h1-8,12H,9-11H2. The lowest BCUT2D eigenvalue weighted by Gasteiger charge is -2.18. The van der Waals surface area contributed by atoms with Gasteiger partial charge in [0.2, 0.25) is 0 Å². The Morgan fingerprint density at radius 1 is 1.14 bits per heavy atom. The summed E-state index contributed by atoms with van der Waals surface area (Å²) < 4.78 is 0. The van der Waals surface area contributed by atoms with Crippen molar-refractivity contribution < 1.29 is 4.79 Å². The van der Waals surface area contributed by atoms with Crippen molar-refractivity contribution in [3.63, 3.8) is 0 Å². The van der Waals surface area contributed by atoms with Crippen LogP contribution in [0.5, 0.6) is 0 Å². The third-order valence-electron chi connectivity index (χ3n) is 3.45. The number of halogens is 1. The first-order valence-electron chi connectivity index (χ1n) is 6.89. The summed E-state index contributed by atoms with van der Waals surface area (Å²) in [6, 6.07) is 17.1. The second-order valence-electron chi connectivity index (χ2n) is 4.93. The van der Waals surface area contributed by atoms with E-state index in [1.165, 1.54) is 0 Å². The first-order valence-corrected chi connectivity index (χ1v) is 7.26. The van der Waals surface area contributed by atoms with Crippen molar-refractivity contribution >= 4 is 23.3 Å². The summed E-state index contributed by atoms with van der Waals surface area (Å²) in [4.78, 5) is 18.8. The average molecular weight is 299 g/mol. The molecule has 1 heterocycles. The second-order valence-corrected chi connectivity index (χ2v) is 5.36. The quantitative estimate of drug-likeness (QED) is 0.854. The summed E-state index contributed by atoms with van der Waals surface area (Å²) in [6.07, 6.45) is 0.674. The van der Waals surface area contributed by atoms with Crippen LogP contribution in [0.2, 0.25) is 5.02 Å². The molecule has 0 unspecified atom stereocenters. The van der Waals surface area contributed by atoms with Crippen molar-refractivity contribution in [2.45, 2.75) is 6.42 Å². The van der Waals surface area contributed by atoms with E-state index in [2.05, 4.69) is 4.99 Å². The van der Waals surface area contributed by atoms with Crippen LogP contribution < -0.4 is 0 Å². The van der Waals surface area contributed by atoms with Gasteiger partial charge in [-0.25, -0.2) is 0 Å². The van der Waals surface area contributed by atoms with E-state index in [1.807, 2.05) is 30.3 Å². The minimum atomic E-state index is -0.0373. The van der Waals surface area contributed by atoms with Crippen LogP contribution in [0.3, 0.4) is 0 Å². The zero-order valence-corrected chi connectivity index (χ0v) is 12.3. The Balaban J connectivity index is 1.79. The Labute approximate surface area is 128 Å². The molecule has 3 nitrogen and oxygen atoms in total. The monoisotopic (exact) mass is 298 g/mol. The molecule has 0 atom stereocenters. The van der Waals surface area contributed by atoms with Crippen LogP contribution in [0.15, 0.2) is 59.6 Å². The highest BCUT2D eigenvalue weighted by atomic mass is 35.5. The molecule has 0 radical (unpaired) electrons. The molecule has 0 aromatic heterocycles. The fraction of sp³-hybridized carbons (Fsp3) is 0.176. The lowest BCUT2D eigenvalue weighted by atomic mass is 10.1. The number of hydrogen-bond acceptors (Lipinski definition) is 2. The van der Waals surface area contributed by atoms with Crippen LogP contribution in [0.1, 0.15) is 15.9 Å². The summed E-state index contributed by atoms with van der Waals surface area (Å²) in [5.41, 5.74) is 1.76. The first-order chi connectivity index (χ1) is 10.2. The molecule has 4 heteroatoms. The predicted molar refractivity (Wildman–Crippen MR) is 84.9 cm³/mol. The van der Waals surface area contributed by atoms with Gasteiger partial charge in [-0.2, -0.15) is 0 Å². The molecule has 0 fully saturated rings. The van der Waals surface area contributed by atoms with Gasteiger partial charge in [-0.05, 0) is 23.8 Å². The Bertz CT molecular complexity index is 682. The van der Waals surface area contributed by atoms with Crippen LogP contribution in [0.4, 0.5) is 0 Å². The number of nitrogens with zero attached hydrogens (tertiary/aromatic N) is 2. The van der Waals surface area contributed by atoms with Crippen molar-refractivity contribution in [3.8, 4) is 0 Å². The number of benzene rings is 2. The van der Waals surface area contributed by atoms with E-state index >= 15 is 0 Å². The van der Waals surface area contributed by atoms with E-state index in [4.69, 9.17) is 11.6 Å². The maximum absolute atomic E-state index is 12.6. The highest BCUT2D eigenvalue weighted by Gasteiger charge is 2.24. The number of amides is 1. The summed E-state index contributed by atoms with van der Waals surface area (Å²) in [5, 5.41) is 0.571. The molecule has 0 spiro atoms. The molecule has 0 saturated heterocycles. The van der Waals surface area contributed by atoms with Crippen molar-refractivity contribution in [1.82, 2.24) is 4.90 Å². The van der Waals surface area contributed by atoms with Crippen molar-refractivity contribution in [3.05, 3.63) is 70.7 Å². The zero-order valence-electron chi connectivity index (χ0n) is 11.5. The summed E-state index contributed by atoms with van der Waals surface area (Å²) in [5.74, 6) is 0.788. The van der Waals surface area contributed by atoms with Gasteiger partial charge in [0.25, 0.3) is 5.91 Å². The molecule has 1 aliphatic rings. The van der Waals surface area contributed by atoms with E-state index in [0.29, 0.717) is 30.1 Å². The highest BCUT2D eigenvalue weighted by Crippen LogP contribution is 2.16. The molecule has 0 saturated carbocycles. The lowest BCUT2D eigenvalue weighted by Crippen LogP contribution is -2.35. The summed E-state index contributed by atoms with van der Waals surface area (Å²) in [7, 11) is 0. The molecule has 0 N–H and O–H groups in total. The first kappa shape index (κ1) is 13.8. The molecule has 2 aromatic carbocycles. The van der Waals surface area contributed by atoms with Gasteiger partial charge in [-0.3, -0.25) is 14.7 Å². The van der Waals surface area contributed by atoms with Crippen LogP contribution >= 0.6 is 11.6 Å². The maximum atomic E-state index is 12.6. The lowest BCUT2D eigenvalue weighted by molar-refractivity contribution is 0.0856. The van der Waals surface area contributed by atoms with Crippen LogP contribution in [0.25, 0.3) is 0 Å². The van der Waals surface area contributed by atoms with E-state index in [-0.39, 0.29) is 5.91 Å². The Morgan fingerprint density at radius 2 is 1.95 bits per heavy atom. The Kier molecular flexibility index (Phi) is 4.02. The third kappa shape index (κ3) is 3.14. The molecule has 1 amide bonds.